The predicted octanol–water partition coefficient (Wildman–Crippen LogP) is 3.27. The number of fused-ring (bicyclic) bond motifs is 1. The molecule has 0 aliphatic heterocycles. The fourth-order valence-corrected chi connectivity index (χ4v) is 4.10. The molecule has 2 aromatic heterocycles. The highest BCUT2D eigenvalue weighted by molar-refractivity contribution is 7.05. The van der Waals surface area contributed by atoms with Crippen LogP contribution in [0.4, 0.5) is 0 Å². The molecule has 0 amide bonds. The first kappa shape index (κ1) is 14.6. The molecule has 21 heavy (non-hydrogen) atoms. The standard InChI is InChI=1S/C16H22N4S/c1-3-6-13-16(21-20-19-13)15(17-4-2)12-9-8-11-7-5-10-18-14(11)12/h5,7,10,12,15,17H,3-4,6,8-9H2,1-2H3. The Bertz CT molecular complexity index is 595. The van der Waals surface area contributed by atoms with Gasteiger partial charge in [-0.2, -0.15) is 0 Å². The van der Waals surface area contributed by atoms with E-state index in [1.165, 1.54) is 16.1 Å². The molecule has 0 spiro atoms. The summed E-state index contributed by atoms with van der Waals surface area (Å²) in [5.41, 5.74) is 3.83. The molecule has 1 aliphatic carbocycles. The molecule has 2 atom stereocenters. The zero-order chi connectivity index (χ0) is 14.7. The Kier molecular flexibility index (Phi) is 4.60. The van der Waals surface area contributed by atoms with Crippen molar-refractivity contribution in [1.82, 2.24) is 19.9 Å². The summed E-state index contributed by atoms with van der Waals surface area (Å²) >= 11 is 1.55. The molecule has 0 bridgehead atoms. The van der Waals surface area contributed by atoms with Crippen LogP contribution >= 0.6 is 11.5 Å². The molecule has 0 radical (unpaired) electrons. The lowest BCUT2D eigenvalue weighted by molar-refractivity contribution is 0.450. The SMILES string of the molecule is CCCc1nnsc1C(NCC)C1CCc2cccnc21. The first-order chi connectivity index (χ1) is 10.3. The van der Waals surface area contributed by atoms with Crippen molar-refractivity contribution >= 4 is 11.5 Å². The van der Waals surface area contributed by atoms with E-state index in [2.05, 4.69) is 39.8 Å². The number of likely N-dealkylation sites (N-methyl/N-ethyl adjacent to an activating group) is 1. The minimum Gasteiger partial charge on any atom is -0.309 e. The number of hydrogen-bond donors (Lipinski definition) is 1. The summed E-state index contributed by atoms with van der Waals surface area (Å²) in [4.78, 5) is 5.96. The van der Waals surface area contributed by atoms with Crippen LogP contribution < -0.4 is 5.32 Å². The first-order valence-electron chi connectivity index (χ1n) is 7.83. The second-order valence-electron chi connectivity index (χ2n) is 5.56. The molecule has 2 unspecified atom stereocenters. The van der Waals surface area contributed by atoms with Crippen molar-refractivity contribution in [2.24, 2.45) is 0 Å². The number of nitrogens with zero attached hydrogens (tertiary/aromatic N) is 3. The second-order valence-corrected chi connectivity index (χ2v) is 6.35. The lowest BCUT2D eigenvalue weighted by Crippen LogP contribution is -2.26. The van der Waals surface area contributed by atoms with E-state index in [0.717, 1.165) is 37.9 Å². The molecular weight excluding hydrogens is 280 g/mol. The minimum atomic E-state index is 0.299. The summed E-state index contributed by atoms with van der Waals surface area (Å²) in [6, 6.07) is 4.55. The van der Waals surface area contributed by atoms with E-state index in [-0.39, 0.29) is 0 Å². The monoisotopic (exact) mass is 302 g/mol. The zero-order valence-corrected chi connectivity index (χ0v) is 13.5. The smallest absolute Gasteiger partial charge is 0.0803 e. The fraction of sp³-hybridized carbons (Fsp3) is 0.562. The molecule has 3 rings (SSSR count). The van der Waals surface area contributed by atoms with Crippen LogP contribution in [0, 0.1) is 0 Å². The van der Waals surface area contributed by atoms with E-state index in [9.17, 15) is 0 Å². The van der Waals surface area contributed by atoms with Crippen LogP contribution in [-0.2, 0) is 12.8 Å². The Morgan fingerprint density at radius 1 is 1.43 bits per heavy atom. The van der Waals surface area contributed by atoms with Gasteiger partial charge in [-0.05, 0) is 49.0 Å². The molecule has 4 nitrogen and oxygen atoms in total. The lowest BCUT2D eigenvalue weighted by atomic mass is 9.94. The van der Waals surface area contributed by atoms with Gasteiger partial charge in [0.25, 0.3) is 0 Å². The van der Waals surface area contributed by atoms with Crippen molar-refractivity contribution in [2.45, 2.75) is 51.5 Å². The highest BCUT2D eigenvalue weighted by Gasteiger charge is 2.33. The Balaban J connectivity index is 1.94. The minimum absolute atomic E-state index is 0.299. The Morgan fingerprint density at radius 3 is 3.14 bits per heavy atom. The molecule has 0 aromatic carbocycles. The largest absolute Gasteiger partial charge is 0.309 e. The van der Waals surface area contributed by atoms with Gasteiger partial charge in [0.2, 0.25) is 0 Å². The molecule has 0 saturated carbocycles. The van der Waals surface area contributed by atoms with Gasteiger partial charge in [0.15, 0.2) is 0 Å². The number of nitrogens with one attached hydrogen (secondary N) is 1. The van der Waals surface area contributed by atoms with Crippen LogP contribution in [0.5, 0.6) is 0 Å². The number of hydrogen-bond acceptors (Lipinski definition) is 5. The Morgan fingerprint density at radius 2 is 2.33 bits per heavy atom. The van der Waals surface area contributed by atoms with Gasteiger partial charge in [0.05, 0.1) is 16.6 Å². The van der Waals surface area contributed by atoms with E-state index >= 15 is 0 Å². The van der Waals surface area contributed by atoms with Crippen molar-refractivity contribution in [3.05, 3.63) is 40.2 Å². The average molecular weight is 302 g/mol. The molecule has 1 aliphatic rings. The highest BCUT2D eigenvalue weighted by atomic mass is 32.1. The van der Waals surface area contributed by atoms with Gasteiger partial charge < -0.3 is 5.32 Å². The average Bonchev–Trinajstić information content (AvgIpc) is 3.12. The molecule has 5 heteroatoms. The zero-order valence-electron chi connectivity index (χ0n) is 12.7. The molecule has 2 heterocycles. The maximum absolute atomic E-state index is 4.65. The van der Waals surface area contributed by atoms with Gasteiger partial charge in [-0.15, -0.1) is 5.10 Å². The van der Waals surface area contributed by atoms with Gasteiger partial charge in [-0.25, -0.2) is 0 Å². The van der Waals surface area contributed by atoms with Gasteiger partial charge in [-0.1, -0.05) is 30.8 Å². The van der Waals surface area contributed by atoms with Gasteiger partial charge in [0.1, 0.15) is 0 Å². The summed E-state index contributed by atoms with van der Waals surface area (Å²) in [7, 11) is 0. The molecule has 0 fully saturated rings. The first-order valence-corrected chi connectivity index (χ1v) is 8.60. The maximum atomic E-state index is 4.65. The van der Waals surface area contributed by atoms with E-state index < -0.39 is 0 Å². The van der Waals surface area contributed by atoms with Crippen LogP contribution in [0.1, 0.15) is 60.5 Å². The third-order valence-corrected chi connectivity index (χ3v) is 5.03. The number of pyridine rings is 1. The molecule has 112 valence electrons. The lowest BCUT2D eigenvalue weighted by Gasteiger charge is -2.24. The van der Waals surface area contributed by atoms with E-state index in [0.29, 0.717) is 12.0 Å². The molecule has 1 N–H and O–H groups in total. The van der Waals surface area contributed by atoms with Crippen molar-refractivity contribution in [2.75, 3.05) is 6.54 Å². The summed E-state index contributed by atoms with van der Waals surface area (Å²) in [5, 5.41) is 8.00. The van der Waals surface area contributed by atoms with Gasteiger partial charge in [-0.3, -0.25) is 4.98 Å². The summed E-state index contributed by atoms with van der Waals surface area (Å²) < 4.78 is 4.20. The quantitative estimate of drug-likeness (QED) is 0.890. The number of aromatic nitrogens is 3. The van der Waals surface area contributed by atoms with Crippen molar-refractivity contribution in [3.8, 4) is 0 Å². The Hall–Kier alpha value is -1.33. The summed E-state index contributed by atoms with van der Waals surface area (Å²) in [6.07, 6.45) is 6.32. The summed E-state index contributed by atoms with van der Waals surface area (Å²) in [6.45, 7) is 5.31. The van der Waals surface area contributed by atoms with Crippen molar-refractivity contribution < 1.29 is 0 Å². The van der Waals surface area contributed by atoms with Crippen LogP contribution in [0.3, 0.4) is 0 Å². The topological polar surface area (TPSA) is 50.7 Å². The number of aryl methyl sites for hydroxylation is 2. The van der Waals surface area contributed by atoms with Crippen molar-refractivity contribution in [1.29, 1.82) is 0 Å². The van der Waals surface area contributed by atoms with Crippen LogP contribution in [-0.4, -0.2) is 21.1 Å². The van der Waals surface area contributed by atoms with Crippen molar-refractivity contribution in [3.63, 3.8) is 0 Å². The van der Waals surface area contributed by atoms with E-state index in [4.69, 9.17) is 0 Å². The third-order valence-electron chi connectivity index (χ3n) is 4.18. The van der Waals surface area contributed by atoms with Gasteiger partial charge in [0, 0.05) is 17.8 Å². The number of rotatable bonds is 6. The normalized spacial score (nSPS) is 18.7. The fourth-order valence-electron chi connectivity index (χ4n) is 3.27. The molecular formula is C16H22N4S. The van der Waals surface area contributed by atoms with E-state index in [1.807, 2.05) is 12.3 Å². The third kappa shape index (κ3) is 2.85. The predicted molar refractivity (Wildman–Crippen MR) is 85.6 cm³/mol. The maximum Gasteiger partial charge on any atom is 0.0803 e. The highest BCUT2D eigenvalue weighted by Crippen LogP contribution is 2.42. The molecule has 2 aromatic rings. The van der Waals surface area contributed by atoms with Crippen LogP contribution in [0.25, 0.3) is 0 Å². The second kappa shape index (κ2) is 6.62. The molecule has 0 saturated heterocycles. The van der Waals surface area contributed by atoms with Gasteiger partial charge >= 0.3 is 0 Å². The summed E-state index contributed by atoms with van der Waals surface area (Å²) in [5.74, 6) is 0.444. The van der Waals surface area contributed by atoms with E-state index in [1.54, 1.807) is 11.5 Å². The van der Waals surface area contributed by atoms with Crippen LogP contribution in [0.15, 0.2) is 18.3 Å². The Labute approximate surface area is 130 Å². The van der Waals surface area contributed by atoms with Crippen LogP contribution in [0.2, 0.25) is 0 Å².